The van der Waals surface area contributed by atoms with Crippen LogP contribution in [-0.4, -0.2) is 140 Å². The molecule has 12 atom stereocenters. The minimum absolute atomic E-state index is 0.00321. The molecule has 0 amide bonds. The number of carboxylic acid groups (broad SMARTS) is 1. The lowest BCUT2D eigenvalue weighted by Gasteiger charge is -2.46. The maximum atomic E-state index is 10.9. The molecule has 33 heavy (non-hydrogen) atoms. The highest BCUT2D eigenvalue weighted by Crippen LogP contribution is 2.30. The number of nitrogens with two attached hydrogens (primary N) is 2. The molecule has 0 aromatic rings. The van der Waals surface area contributed by atoms with Crippen molar-refractivity contribution in [1.29, 1.82) is 0 Å². The Balaban J connectivity index is 2.18. The molecule has 0 radical (unpaired) electrons. The fraction of sp³-hybridized carbons (Fsp3) is 0.944. The second-order valence-corrected chi connectivity index (χ2v) is 8.02. The van der Waals surface area contributed by atoms with Crippen LogP contribution in [0.3, 0.4) is 0 Å². The van der Waals surface area contributed by atoms with Gasteiger partial charge in [0, 0.05) is 6.54 Å². The molecule has 12 N–H and O–H groups in total. The van der Waals surface area contributed by atoms with Gasteiger partial charge in [0.1, 0.15) is 54.9 Å². The molecular weight excluding hydrogens is 452 g/mol. The van der Waals surface area contributed by atoms with E-state index in [1.165, 1.54) is 0 Å². The molecule has 0 aliphatic carbocycles. The third-order valence-electron chi connectivity index (χ3n) is 5.67. The van der Waals surface area contributed by atoms with Gasteiger partial charge in [-0.2, -0.15) is 0 Å². The highest BCUT2D eigenvalue weighted by atomic mass is 16.8. The van der Waals surface area contributed by atoms with E-state index in [-0.39, 0.29) is 19.4 Å². The molecule has 15 heteroatoms. The summed E-state index contributed by atoms with van der Waals surface area (Å²) in [7, 11) is 0. The van der Waals surface area contributed by atoms with Crippen LogP contribution in [0.5, 0.6) is 0 Å². The Morgan fingerprint density at radius 2 is 1.39 bits per heavy atom. The molecule has 0 unspecified atom stereocenters. The molecule has 0 spiro atoms. The number of aliphatic hydroxyl groups is 7. The minimum atomic E-state index is -1.80. The van der Waals surface area contributed by atoms with E-state index in [1.54, 1.807) is 0 Å². The molecule has 2 aliphatic heterocycles. The van der Waals surface area contributed by atoms with Crippen molar-refractivity contribution < 1.29 is 64.6 Å². The van der Waals surface area contributed by atoms with Crippen molar-refractivity contribution in [3.05, 3.63) is 0 Å². The van der Waals surface area contributed by atoms with Gasteiger partial charge < -0.3 is 71.3 Å². The average Bonchev–Trinajstić information content (AvgIpc) is 2.80. The largest absolute Gasteiger partial charge is 0.480 e. The molecule has 194 valence electrons. The quantitative estimate of drug-likeness (QED) is 0.130. The van der Waals surface area contributed by atoms with Gasteiger partial charge in [0.2, 0.25) is 0 Å². The molecule has 2 aliphatic rings. The van der Waals surface area contributed by atoms with E-state index < -0.39 is 92.7 Å². The third-order valence-corrected chi connectivity index (χ3v) is 5.67. The molecular formula is C18H34N2O13. The molecule has 0 saturated carbocycles. The first-order chi connectivity index (χ1) is 15.5. The standard InChI is InChI=1S/C18H34N2O13/c19-3-6(1-2-7(20)16(28)29)30-18-15(13(26)11(24)9(5-22)32-18)33-17-14(27)12(25)10(23)8(4-21)31-17/h6-15,17-18,21-27H,1-5,19-20H2,(H,28,29)/t6-,7+,8-,9-,10-,11+,12+,13+,14-,15-,17-,18-/m1/s1. The van der Waals surface area contributed by atoms with Crippen LogP contribution < -0.4 is 11.5 Å². The Hall–Kier alpha value is -1.05. The van der Waals surface area contributed by atoms with E-state index in [9.17, 15) is 40.5 Å². The first kappa shape index (κ1) is 28.2. The normalized spacial score (nSPS) is 41.5. The molecule has 0 aromatic carbocycles. The van der Waals surface area contributed by atoms with Gasteiger partial charge in [0.25, 0.3) is 0 Å². The lowest BCUT2D eigenvalue weighted by atomic mass is 9.97. The summed E-state index contributed by atoms with van der Waals surface area (Å²) in [6.45, 7) is -1.52. The summed E-state index contributed by atoms with van der Waals surface area (Å²) in [4.78, 5) is 10.9. The van der Waals surface area contributed by atoms with Crippen LogP contribution in [-0.2, 0) is 23.7 Å². The number of rotatable bonds is 11. The summed E-state index contributed by atoms with van der Waals surface area (Å²) in [6, 6.07) is -1.17. The molecule has 0 bridgehead atoms. The van der Waals surface area contributed by atoms with Crippen LogP contribution in [0.1, 0.15) is 12.8 Å². The van der Waals surface area contributed by atoms with Crippen LogP contribution in [0.15, 0.2) is 0 Å². The number of hydrogen-bond donors (Lipinski definition) is 10. The van der Waals surface area contributed by atoms with E-state index in [1.807, 2.05) is 0 Å². The van der Waals surface area contributed by atoms with Crippen molar-refractivity contribution in [2.75, 3.05) is 19.8 Å². The minimum Gasteiger partial charge on any atom is -0.480 e. The van der Waals surface area contributed by atoms with Crippen LogP contribution in [0, 0.1) is 0 Å². The zero-order valence-corrected chi connectivity index (χ0v) is 17.7. The zero-order chi connectivity index (χ0) is 24.9. The van der Waals surface area contributed by atoms with Gasteiger partial charge in [0.05, 0.1) is 19.3 Å². The van der Waals surface area contributed by atoms with Gasteiger partial charge in [-0.15, -0.1) is 0 Å². The predicted molar refractivity (Wildman–Crippen MR) is 105 cm³/mol. The van der Waals surface area contributed by atoms with Gasteiger partial charge in [-0.3, -0.25) is 4.79 Å². The predicted octanol–water partition coefficient (Wildman–Crippen LogP) is -5.85. The van der Waals surface area contributed by atoms with Gasteiger partial charge in [-0.25, -0.2) is 0 Å². The first-order valence-electron chi connectivity index (χ1n) is 10.5. The monoisotopic (exact) mass is 486 g/mol. The lowest BCUT2D eigenvalue weighted by Crippen LogP contribution is -2.65. The number of ether oxygens (including phenoxy) is 4. The van der Waals surface area contributed by atoms with Crippen LogP contribution in [0.2, 0.25) is 0 Å². The van der Waals surface area contributed by atoms with Crippen molar-refractivity contribution in [3.63, 3.8) is 0 Å². The Labute approximate surface area is 189 Å². The first-order valence-corrected chi connectivity index (χ1v) is 10.5. The second kappa shape index (κ2) is 12.6. The Kier molecular flexibility index (Phi) is 10.8. The van der Waals surface area contributed by atoms with Crippen LogP contribution in [0.25, 0.3) is 0 Å². The van der Waals surface area contributed by atoms with Crippen molar-refractivity contribution >= 4 is 5.97 Å². The maximum absolute atomic E-state index is 10.9. The van der Waals surface area contributed by atoms with Crippen molar-refractivity contribution in [2.24, 2.45) is 11.5 Å². The Bertz CT molecular complexity index is 614. The summed E-state index contributed by atoms with van der Waals surface area (Å²) < 4.78 is 22.0. The number of hydrogen-bond acceptors (Lipinski definition) is 14. The zero-order valence-electron chi connectivity index (χ0n) is 17.7. The molecule has 2 rings (SSSR count). The van der Waals surface area contributed by atoms with Crippen molar-refractivity contribution in [2.45, 2.75) is 86.4 Å². The van der Waals surface area contributed by atoms with E-state index in [4.69, 9.17) is 35.5 Å². The summed E-state index contributed by atoms with van der Waals surface area (Å²) in [5.41, 5.74) is 11.2. The average molecular weight is 486 g/mol. The molecule has 0 aromatic heterocycles. The molecule has 2 saturated heterocycles. The second-order valence-electron chi connectivity index (χ2n) is 8.02. The van der Waals surface area contributed by atoms with Crippen LogP contribution in [0.4, 0.5) is 0 Å². The summed E-state index contributed by atoms with van der Waals surface area (Å²) in [6.07, 6.45) is -16.6. The summed E-state index contributed by atoms with van der Waals surface area (Å²) in [5, 5.41) is 78.6. The highest BCUT2D eigenvalue weighted by molar-refractivity contribution is 5.72. The fourth-order valence-electron chi connectivity index (χ4n) is 3.57. The van der Waals surface area contributed by atoms with Crippen molar-refractivity contribution in [3.8, 4) is 0 Å². The molecule has 15 nitrogen and oxygen atoms in total. The van der Waals surface area contributed by atoms with Gasteiger partial charge in [-0.1, -0.05) is 0 Å². The Morgan fingerprint density at radius 1 is 0.848 bits per heavy atom. The van der Waals surface area contributed by atoms with Gasteiger partial charge in [-0.05, 0) is 12.8 Å². The fourth-order valence-corrected chi connectivity index (χ4v) is 3.57. The summed E-state index contributed by atoms with van der Waals surface area (Å²) in [5.74, 6) is -1.22. The van der Waals surface area contributed by atoms with E-state index >= 15 is 0 Å². The molecule has 2 fully saturated rings. The SMILES string of the molecule is NC[C@@H](CC[C@H](N)C(=O)O)O[C@@H]1O[C@H](CO)[C@H](O)[C@H](O)[C@H]1O[C@H]1O[C@H](CO)[C@@H](O)[C@H](O)[C@H]1O. The number of carbonyl (C=O) groups is 1. The number of carboxylic acids is 1. The molecule has 2 heterocycles. The number of aliphatic carboxylic acids is 1. The van der Waals surface area contributed by atoms with E-state index in [0.717, 1.165) is 0 Å². The topological polar surface area (TPSA) is 268 Å². The third kappa shape index (κ3) is 6.76. The Morgan fingerprint density at radius 3 is 1.91 bits per heavy atom. The number of aliphatic hydroxyl groups excluding tert-OH is 7. The van der Waals surface area contributed by atoms with Gasteiger partial charge >= 0.3 is 5.97 Å². The maximum Gasteiger partial charge on any atom is 0.320 e. The lowest BCUT2D eigenvalue weighted by molar-refractivity contribution is -0.371. The van der Waals surface area contributed by atoms with Crippen LogP contribution >= 0.6 is 0 Å². The highest BCUT2D eigenvalue weighted by Gasteiger charge is 2.51. The van der Waals surface area contributed by atoms with E-state index in [0.29, 0.717) is 0 Å². The smallest absolute Gasteiger partial charge is 0.320 e. The van der Waals surface area contributed by atoms with Crippen molar-refractivity contribution in [1.82, 2.24) is 0 Å². The summed E-state index contributed by atoms with van der Waals surface area (Å²) >= 11 is 0. The van der Waals surface area contributed by atoms with E-state index in [2.05, 4.69) is 0 Å². The van der Waals surface area contributed by atoms with Gasteiger partial charge in [0.15, 0.2) is 12.6 Å².